The van der Waals surface area contributed by atoms with E-state index >= 15 is 0 Å². The molecule has 3 N–H and O–H groups in total. The van der Waals surface area contributed by atoms with E-state index in [0.29, 0.717) is 19.4 Å². The van der Waals surface area contributed by atoms with Crippen LogP contribution in [0.2, 0.25) is 0 Å². The first kappa shape index (κ1) is 17.8. The van der Waals surface area contributed by atoms with Crippen molar-refractivity contribution in [3.8, 4) is 0 Å². The Morgan fingerprint density at radius 2 is 1.87 bits per heavy atom. The third kappa shape index (κ3) is 3.67. The molecule has 0 unspecified atom stereocenters. The van der Waals surface area contributed by atoms with E-state index in [-0.39, 0.29) is 30.8 Å². The van der Waals surface area contributed by atoms with E-state index in [1.54, 1.807) is 4.90 Å². The minimum Gasteiger partial charge on any atom is -0.345 e. The number of anilines is 1. The van der Waals surface area contributed by atoms with Gasteiger partial charge in [-0.15, -0.1) is 12.4 Å². The summed E-state index contributed by atoms with van der Waals surface area (Å²) < 4.78 is 0. The zero-order valence-corrected chi connectivity index (χ0v) is 14.0. The zero-order chi connectivity index (χ0) is 15.6. The maximum absolute atomic E-state index is 12.5. The predicted octanol–water partition coefficient (Wildman–Crippen LogP) is 1.78. The zero-order valence-electron chi connectivity index (χ0n) is 13.2. The predicted molar refractivity (Wildman–Crippen MR) is 92.8 cm³/mol. The topological polar surface area (TPSA) is 75.4 Å². The van der Waals surface area contributed by atoms with Crippen LogP contribution in [0.4, 0.5) is 5.69 Å². The number of carbonyl (C=O) groups excluding carboxylic acids is 2. The van der Waals surface area contributed by atoms with Gasteiger partial charge >= 0.3 is 0 Å². The summed E-state index contributed by atoms with van der Waals surface area (Å²) in [6, 6.07) is 7.96. The third-order valence-corrected chi connectivity index (χ3v) is 4.76. The Bertz CT molecular complexity index is 585. The van der Waals surface area contributed by atoms with E-state index < -0.39 is 5.54 Å². The third-order valence-electron chi connectivity index (χ3n) is 4.76. The lowest BCUT2D eigenvalue weighted by molar-refractivity contribution is -0.128. The Balaban J connectivity index is 0.00000192. The number of hydrogen-bond acceptors (Lipinski definition) is 3. The van der Waals surface area contributed by atoms with Gasteiger partial charge in [-0.05, 0) is 37.3 Å². The molecule has 0 bridgehead atoms. The lowest BCUT2D eigenvalue weighted by atomic mass is 9.98. The molecule has 1 aliphatic carbocycles. The quantitative estimate of drug-likeness (QED) is 0.882. The SMILES string of the molecule is Cl.NC1(C(=O)NCC(=O)N2CCCc3ccccc32)CCCC1. The molecule has 1 heterocycles. The number of aryl methyl sites for hydroxylation is 1. The molecule has 23 heavy (non-hydrogen) atoms. The van der Waals surface area contributed by atoms with Crippen molar-refractivity contribution >= 4 is 29.9 Å². The molecule has 3 rings (SSSR count). The molecular weight excluding hydrogens is 314 g/mol. The fourth-order valence-corrected chi connectivity index (χ4v) is 3.45. The van der Waals surface area contributed by atoms with Crippen LogP contribution in [0.15, 0.2) is 24.3 Å². The molecule has 126 valence electrons. The van der Waals surface area contributed by atoms with Crippen molar-refractivity contribution in [2.45, 2.75) is 44.1 Å². The van der Waals surface area contributed by atoms with Gasteiger partial charge < -0.3 is 16.0 Å². The minimum absolute atomic E-state index is 0. The summed E-state index contributed by atoms with van der Waals surface area (Å²) in [6.45, 7) is 0.728. The molecule has 1 saturated carbocycles. The van der Waals surface area contributed by atoms with Crippen LogP contribution in [0.3, 0.4) is 0 Å². The Morgan fingerprint density at radius 3 is 2.61 bits per heavy atom. The summed E-state index contributed by atoms with van der Waals surface area (Å²) in [5, 5.41) is 2.74. The number of nitrogens with one attached hydrogen (secondary N) is 1. The van der Waals surface area contributed by atoms with Crippen molar-refractivity contribution < 1.29 is 9.59 Å². The summed E-state index contributed by atoms with van der Waals surface area (Å²) in [6.07, 6.45) is 5.34. The number of amides is 2. The van der Waals surface area contributed by atoms with E-state index in [1.165, 1.54) is 5.56 Å². The van der Waals surface area contributed by atoms with Gasteiger partial charge in [0.15, 0.2) is 0 Å². The van der Waals surface area contributed by atoms with Crippen molar-refractivity contribution in [1.29, 1.82) is 0 Å². The Kier molecular flexibility index (Phi) is 5.65. The summed E-state index contributed by atoms with van der Waals surface area (Å²) in [7, 11) is 0. The van der Waals surface area contributed by atoms with E-state index in [1.807, 2.05) is 18.2 Å². The minimum atomic E-state index is -0.778. The number of halogens is 1. The first-order valence-electron chi connectivity index (χ1n) is 8.06. The molecule has 0 aromatic heterocycles. The maximum atomic E-state index is 12.5. The molecule has 1 aromatic carbocycles. The van der Waals surface area contributed by atoms with Gasteiger partial charge in [0, 0.05) is 12.2 Å². The van der Waals surface area contributed by atoms with Crippen LogP contribution < -0.4 is 16.0 Å². The molecule has 5 nitrogen and oxygen atoms in total. The van der Waals surface area contributed by atoms with Gasteiger partial charge in [-0.25, -0.2) is 0 Å². The highest BCUT2D eigenvalue weighted by molar-refractivity contribution is 5.98. The smallest absolute Gasteiger partial charge is 0.246 e. The number of fused-ring (bicyclic) bond motifs is 1. The second-order valence-electron chi connectivity index (χ2n) is 6.32. The molecule has 0 spiro atoms. The standard InChI is InChI=1S/C17H23N3O2.ClH/c18-17(9-3-4-10-17)16(22)19-12-15(21)20-11-5-7-13-6-1-2-8-14(13)20;/h1-2,6,8H,3-5,7,9-12,18H2,(H,19,22);1H. The van der Waals surface area contributed by atoms with Crippen LogP contribution in [0.25, 0.3) is 0 Å². The average molecular weight is 338 g/mol. The van der Waals surface area contributed by atoms with Crippen LogP contribution in [0.5, 0.6) is 0 Å². The fourth-order valence-electron chi connectivity index (χ4n) is 3.45. The van der Waals surface area contributed by atoms with Gasteiger partial charge in [0.25, 0.3) is 0 Å². The van der Waals surface area contributed by atoms with E-state index in [4.69, 9.17) is 5.73 Å². The molecule has 0 atom stereocenters. The largest absolute Gasteiger partial charge is 0.345 e. The van der Waals surface area contributed by atoms with Crippen LogP contribution in [-0.2, 0) is 16.0 Å². The van der Waals surface area contributed by atoms with Crippen molar-refractivity contribution in [1.82, 2.24) is 5.32 Å². The Morgan fingerprint density at radius 1 is 1.17 bits per heavy atom. The van der Waals surface area contributed by atoms with Gasteiger partial charge in [0.2, 0.25) is 11.8 Å². The first-order valence-corrected chi connectivity index (χ1v) is 8.06. The van der Waals surface area contributed by atoms with Gasteiger partial charge in [0.05, 0.1) is 12.1 Å². The number of hydrogen-bond donors (Lipinski definition) is 2. The van der Waals surface area contributed by atoms with Crippen LogP contribution in [0.1, 0.15) is 37.7 Å². The van der Waals surface area contributed by atoms with Crippen LogP contribution >= 0.6 is 12.4 Å². The molecular formula is C17H24ClN3O2. The monoisotopic (exact) mass is 337 g/mol. The number of nitrogens with zero attached hydrogens (tertiary/aromatic N) is 1. The highest BCUT2D eigenvalue weighted by atomic mass is 35.5. The number of benzene rings is 1. The van der Waals surface area contributed by atoms with Crippen molar-refractivity contribution in [2.75, 3.05) is 18.0 Å². The van der Waals surface area contributed by atoms with E-state index in [9.17, 15) is 9.59 Å². The number of rotatable bonds is 3. The molecule has 1 aromatic rings. The van der Waals surface area contributed by atoms with Crippen LogP contribution in [-0.4, -0.2) is 30.4 Å². The maximum Gasteiger partial charge on any atom is 0.246 e. The summed E-state index contributed by atoms with van der Waals surface area (Å²) >= 11 is 0. The molecule has 2 aliphatic rings. The van der Waals surface area contributed by atoms with E-state index in [0.717, 1.165) is 31.4 Å². The number of nitrogens with two attached hydrogens (primary N) is 1. The number of carbonyl (C=O) groups is 2. The molecule has 1 aliphatic heterocycles. The second kappa shape index (κ2) is 7.32. The van der Waals surface area contributed by atoms with Crippen molar-refractivity contribution in [3.05, 3.63) is 29.8 Å². The van der Waals surface area contributed by atoms with Gasteiger partial charge in [-0.2, -0.15) is 0 Å². The normalized spacial score (nSPS) is 18.7. The summed E-state index contributed by atoms with van der Waals surface area (Å²) in [5.74, 6) is -0.259. The second-order valence-corrected chi connectivity index (χ2v) is 6.32. The number of para-hydroxylation sites is 1. The molecule has 0 saturated heterocycles. The Hall–Kier alpha value is -1.59. The first-order chi connectivity index (χ1) is 10.6. The van der Waals surface area contributed by atoms with Gasteiger partial charge in [-0.1, -0.05) is 31.0 Å². The lowest BCUT2D eigenvalue weighted by Gasteiger charge is -2.30. The van der Waals surface area contributed by atoms with Gasteiger partial charge in [0.1, 0.15) is 0 Å². The van der Waals surface area contributed by atoms with Gasteiger partial charge in [-0.3, -0.25) is 9.59 Å². The Labute approximate surface area is 143 Å². The molecule has 2 amide bonds. The summed E-state index contributed by atoms with van der Waals surface area (Å²) in [4.78, 5) is 26.4. The lowest BCUT2D eigenvalue weighted by Crippen LogP contribution is -2.54. The average Bonchev–Trinajstić information content (AvgIpc) is 2.99. The fraction of sp³-hybridized carbons (Fsp3) is 0.529. The van der Waals surface area contributed by atoms with E-state index in [2.05, 4.69) is 11.4 Å². The molecule has 0 radical (unpaired) electrons. The van der Waals surface area contributed by atoms with Crippen LogP contribution in [0, 0.1) is 0 Å². The molecule has 6 heteroatoms. The van der Waals surface area contributed by atoms with Crippen molar-refractivity contribution in [2.24, 2.45) is 5.73 Å². The van der Waals surface area contributed by atoms with Crippen molar-refractivity contribution in [3.63, 3.8) is 0 Å². The molecule has 1 fully saturated rings. The highest BCUT2D eigenvalue weighted by Crippen LogP contribution is 2.28. The summed E-state index contributed by atoms with van der Waals surface area (Å²) in [5.41, 5.74) is 7.49. The highest BCUT2D eigenvalue weighted by Gasteiger charge is 2.37.